The first-order valence-corrected chi connectivity index (χ1v) is 4.46. The third-order valence-electron chi connectivity index (χ3n) is 1.81. The van der Waals surface area contributed by atoms with Crippen molar-refractivity contribution in [1.82, 2.24) is 14.8 Å². The monoisotopic (exact) mass is 168 g/mol. The lowest BCUT2D eigenvalue weighted by atomic mass is 10.2. The van der Waals surface area contributed by atoms with Gasteiger partial charge in [-0.25, -0.2) is 4.98 Å². The molecule has 0 bridgehead atoms. The van der Waals surface area contributed by atoms with Crippen molar-refractivity contribution in [2.24, 2.45) is 5.73 Å². The van der Waals surface area contributed by atoms with E-state index in [2.05, 4.69) is 10.1 Å². The number of aryl methyl sites for hydroxylation is 1. The quantitative estimate of drug-likeness (QED) is 0.639. The minimum atomic E-state index is 0.809. The summed E-state index contributed by atoms with van der Waals surface area (Å²) in [5.41, 5.74) is 5.38. The van der Waals surface area contributed by atoms with Crippen LogP contribution in [0.2, 0.25) is 0 Å². The smallest absolute Gasteiger partial charge is 0.137 e. The fourth-order valence-electron chi connectivity index (χ4n) is 1.12. The predicted octanol–water partition coefficient (Wildman–Crippen LogP) is 0.797. The minimum Gasteiger partial charge on any atom is -0.330 e. The Kier molecular flexibility index (Phi) is 4.37. The highest BCUT2D eigenvalue weighted by molar-refractivity contribution is 4.55. The molecular formula is C8H16N4. The van der Waals surface area contributed by atoms with Crippen LogP contribution in [0.4, 0.5) is 0 Å². The van der Waals surface area contributed by atoms with E-state index in [0.717, 1.165) is 19.5 Å². The average molecular weight is 168 g/mol. The van der Waals surface area contributed by atoms with Gasteiger partial charge >= 0.3 is 0 Å². The van der Waals surface area contributed by atoms with Gasteiger partial charge in [0.2, 0.25) is 0 Å². The van der Waals surface area contributed by atoms with Crippen LogP contribution in [0.25, 0.3) is 0 Å². The highest BCUT2D eigenvalue weighted by atomic mass is 15.3. The molecule has 0 saturated heterocycles. The molecule has 1 rings (SSSR count). The number of hydrogen-bond donors (Lipinski definition) is 1. The van der Waals surface area contributed by atoms with Crippen LogP contribution in [0.15, 0.2) is 12.7 Å². The molecule has 1 aromatic rings. The topological polar surface area (TPSA) is 56.7 Å². The number of nitrogens with zero attached hydrogens (tertiary/aromatic N) is 3. The third kappa shape index (κ3) is 3.48. The molecule has 0 aliphatic carbocycles. The molecule has 0 aliphatic rings. The highest BCUT2D eigenvalue weighted by Crippen LogP contribution is 1.99. The predicted molar refractivity (Wildman–Crippen MR) is 47.5 cm³/mol. The number of rotatable bonds is 6. The van der Waals surface area contributed by atoms with E-state index in [1.54, 1.807) is 12.7 Å². The molecule has 0 unspecified atom stereocenters. The molecule has 68 valence electrons. The Labute approximate surface area is 72.8 Å². The lowest BCUT2D eigenvalue weighted by molar-refractivity contribution is 0.536. The second-order valence-electron chi connectivity index (χ2n) is 2.86. The summed E-state index contributed by atoms with van der Waals surface area (Å²) >= 11 is 0. The first-order chi connectivity index (χ1) is 5.93. The molecule has 0 aliphatic heterocycles. The number of unbranched alkanes of at least 4 members (excludes halogenated alkanes) is 3. The summed E-state index contributed by atoms with van der Waals surface area (Å²) in [4.78, 5) is 3.87. The van der Waals surface area contributed by atoms with Crippen molar-refractivity contribution < 1.29 is 0 Å². The van der Waals surface area contributed by atoms with Crippen molar-refractivity contribution >= 4 is 0 Å². The van der Waals surface area contributed by atoms with Gasteiger partial charge < -0.3 is 5.73 Å². The second-order valence-corrected chi connectivity index (χ2v) is 2.86. The number of nitrogens with two attached hydrogens (primary N) is 1. The summed E-state index contributed by atoms with van der Waals surface area (Å²) in [6.07, 6.45) is 8.09. The van der Waals surface area contributed by atoms with Crippen molar-refractivity contribution in [3.8, 4) is 0 Å². The van der Waals surface area contributed by atoms with Gasteiger partial charge in [0.1, 0.15) is 12.7 Å². The van der Waals surface area contributed by atoms with Gasteiger partial charge in [0.05, 0.1) is 0 Å². The van der Waals surface area contributed by atoms with E-state index >= 15 is 0 Å². The summed E-state index contributed by atoms with van der Waals surface area (Å²) < 4.78 is 1.86. The number of hydrogen-bond acceptors (Lipinski definition) is 3. The van der Waals surface area contributed by atoms with Crippen LogP contribution in [0, 0.1) is 0 Å². The van der Waals surface area contributed by atoms with Crippen LogP contribution >= 0.6 is 0 Å². The van der Waals surface area contributed by atoms with Crippen LogP contribution in [0.3, 0.4) is 0 Å². The summed E-state index contributed by atoms with van der Waals surface area (Å²) in [6, 6.07) is 0. The first kappa shape index (κ1) is 9.19. The van der Waals surface area contributed by atoms with Crippen molar-refractivity contribution in [2.45, 2.75) is 32.2 Å². The third-order valence-corrected chi connectivity index (χ3v) is 1.81. The molecule has 0 atom stereocenters. The van der Waals surface area contributed by atoms with E-state index in [-0.39, 0.29) is 0 Å². The van der Waals surface area contributed by atoms with Gasteiger partial charge in [-0.05, 0) is 19.4 Å². The zero-order valence-corrected chi connectivity index (χ0v) is 7.32. The Bertz CT molecular complexity index is 183. The Morgan fingerprint density at radius 1 is 1.17 bits per heavy atom. The summed E-state index contributed by atoms with van der Waals surface area (Å²) in [5, 5.41) is 4.01. The second kappa shape index (κ2) is 5.71. The maximum absolute atomic E-state index is 5.38. The van der Waals surface area contributed by atoms with E-state index in [4.69, 9.17) is 5.73 Å². The Hall–Kier alpha value is -0.900. The zero-order chi connectivity index (χ0) is 8.65. The molecule has 4 nitrogen and oxygen atoms in total. The Morgan fingerprint density at radius 2 is 2.00 bits per heavy atom. The van der Waals surface area contributed by atoms with Crippen LogP contribution in [-0.2, 0) is 6.54 Å². The molecule has 0 fully saturated rings. The average Bonchev–Trinajstić information content (AvgIpc) is 2.57. The van der Waals surface area contributed by atoms with E-state index in [1.807, 2.05) is 4.68 Å². The van der Waals surface area contributed by atoms with Crippen molar-refractivity contribution in [1.29, 1.82) is 0 Å². The van der Waals surface area contributed by atoms with Crippen LogP contribution in [0.1, 0.15) is 25.7 Å². The molecule has 12 heavy (non-hydrogen) atoms. The van der Waals surface area contributed by atoms with Gasteiger partial charge in [-0.15, -0.1) is 0 Å². The largest absolute Gasteiger partial charge is 0.330 e. The van der Waals surface area contributed by atoms with E-state index < -0.39 is 0 Å². The molecule has 1 heterocycles. The van der Waals surface area contributed by atoms with Crippen LogP contribution in [0.5, 0.6) is 0 Å². The van der Waals surface area contributed by atoms with Gasteiger partial charge in [0.15, 0.2) is 0 Å². The fraction of sp³-hybridized carbons (Fsp3) is 0.750. The molecular weight excluding hydrogens is 152 g/mol. The minimum absolute atomic E-state index is 0.809. The Morgan fingerprint density at radius 3 is 2.67 bits per heavy atom. The highest BCUT2D eigenvalue weighted by Gasteiger charge is 1.91. The summed E-state index contributed by atoms with van der Waals surface area (Å²) in [5.74, 6) is 0. The van der Waals surface area contributed by atoms with Gasteiger partial charge in [-0.2, -0.15) is 5.10 Å². The van der Waals surface area contributed by atoms with Crippen molar-refractivity contribution in [3.05, 3.63) is 12.7 Å². The molecule has 2 N–H and O–H groups in total. The molecule has 0 spiro atoms. The maximum atomic E-state index is 5.38. The van der Waals surface area contributed by atoms with Gasteiger partial charge in [0, 0.05) is 6.54 Å². The van der Waals surface area contributed by atoms with E-state index in [1.165, 1.54) is 19.3 Å². The molecule has 0 saturated carbocycles. The maximum Gasteiger partial charge on any atom is 0.137 e. The fourth-order valence-corrected chi connectivity index (χ4v) is 1.12. The van der Waals surface area contributed by atoms with E-state index in [9.17, 15) is 0 Å². The van der Waals surface area contributed by atoms with Gasteiger partial charge in [-0.3, -0.25) is 4.68 Å². The van der Waals surface area contributed by atoms with Crippen molar-refractivity contribution in [2.75, 3.05) is 6.54 Å². The number of aromatic nitrogens is 3. The lowest BCUT2D eigenvalue weighted by Gasteiger charge is -1.99. The standard InChI is InChI=1S/C8H16N4/c9-5-3-1-2-4-6-12-8-10-7-11-12/h7-8H,1-6,9H2. The summed E-state index contributed by atoms with van der Waals surface area (Å²) in [6.45, 7) is 1.79. The van der Waals surface area contributed by atoms with Crippen molar-refractivity contribution in [3.63, 3.8) is 0 Å². The Balaban J connectivity index is 1.96. The van der Waals surface area contributed by atoms with E-state index in [0.29, 0.717) is 0 Å². The van der Waals surface area contributed by atoms with Crippen LogP contribution in [-0.4, -0.2) is 21.3 Å². The molecule has 0 amide bonds. The molecule has 0 radical (unpaired) electrons. The summed E-state index contributed by atoms with van der Waals surface area (Å²) in [7, 11) is 0. The van der Waals surface area contributed by atoms with Gasteiger partial charge in [0.25, 0.3) is 0 Å². The lowest BCUT2D eigenvalue weighted by Crippen LogP contribution is -2.00. The van der Waals surface area contributed by atoms with Crippen LogP contribution < -0.4 is 5.73 Å². The molecule has 4 heteroatoms. The molecule has 1 aromatic heterocycles. The zero-order valence-electron chi connectivity index (χ0n) is 7.32. The molecule has 0 aromatic carbocycles. The normalized spacial score (nSPS) is 10.4. The van der Waals surface area contributed by atoms with Gasteiger partial charge in [-0.1, -0.05) is 12.8 Å². The SMILES string of the molecule is NCCCCCCn1cncn1. The first-order valence-electron chi connectivity index (χ1n) is 4.46.